The van der Waals surface area contributed by atoms with Gasteiger partial charge in [0.15, 0.2) is 0 Å². The second-order valence-corrected chi connectivity index (χ2v) is 6.25. The zero-order valence-electron chi connectivity index (χ0n) is 13.6. The van der Waals surface area contributed by atoms with Gasteiger partial charge in [-0.3, -0.25) is 14.0 Å². The molecule has 0 unspecified atom stereocenters. The Labute approximate surface area is 135 Å². The molecule has 0 radical (unpaired) electrons. The highest BCUT2D eigenvalue weighted by Crippen LogP contribution is 2.17. The van der Waals surface area contributed by atoms with Gasteiger partial charge >= 0.3 is 0 Å². The van der Waals surface area contributed by atoms with Crippen molar-refractivity contribution in [1.82, 2.24) is 19.5 Å². The Hall–Kier alpha value is -2.11. The Morgan fingerprint density at radius 3 is 2.74 bits per heavy atom. The molecule has 2 aromatic rings. The minimum atomic E-state index is -0.219. The summed E-state index contributed by atoms with van der Waals surface area (Å²) in [5.74, 6) is 0.663. The van der Waals surface area contributed by atoms with Gasteiger partial charge in [-0.25, -0.2) is 4.68 Å². The standard InChI is InChI=1S/C17H24N4O2/c1-2-15-19-21(17(23)14-10-7-11-20(14)15)12-16(22)18-13-8-5-3-4-6-9-13/h7,10-11,13H,2-6,8-9,12H2,1H3,(H,18,22). The van der Waals surface area contributed by atoms with Gasteiger partial charge in [-0.1, -0.05) is 32.6 Å². The van der Waals surface area contributed by atoms with Gasteiger partial charge in [-0.15, -0.1) is 0 Å². The zero-order valence-corrected chi connectivity index (χ0v) is 13.6. The molecule has 23 heavy (non-hydrogen) atoms. The van der Waals surface area contributed by atoms with Crippen LogP contribution < -0.4 is 10.9 Å². The molecule has 1 saturated carbocycles. The van der Waals surface area contributed by atoms with Crippen LogP contribution in [0, 0.1) is 0 Å². The monoisotopic (exact) mass is 316 g/mol. The number of nitrogens with zero attached hydrogens (tertiary/aromatic N) is 3. The lowest BCUT2D eigenvalue weighted by atomic mass is 10.1. The fourth-order valence-corrected chi connectivity index (χ4v) is 3.33. The smallest absolute Gasteiger partial charge is 0.291 e. The van der Waals surface area contributed by atoms with Crippen LogP contribution in [0.25, 0.3) is 5.52 Å². The van der Waals surface area contributed by atoms with Gasteiger partial charge in [-0.2, -0.15) is 5.10 Å². The van der Waals surface area contributed by atoms with Crippen molar-refractivity contribution in [3.05, 3.63) is 34.5 Å². The number of amides is 1. The van der Waals surface area contributed by atoms with Gasteiger partial charge in [0.25, 0.3) is 5.56 Å². The van der Waals surface area contributed by atoms with Gasteiger partial charge in [0.1, 0.15) is 17.9 Å². The Bertz CT molecular complexity index is 739. The summed E-state index contributed by atoms with van der Waals surface area (Å²) in [5, 5.41) is 7.42. The van der Waals surface area contributed by atoms with Crippen molar-refractivity contribution in [2.24, 2.45) is 0 Å². The zero-order chi connectivity index (χ0) is 16.2. The molecule has 0 bridgehead atoms. The fraction of sp³-hybridized carbons (Fsp3) is 0.588. The summed E-state index contributed by atoms with van der Waals surface area (Å²) in [4.78, 5) is 24.7. The Morgan fingerprint density at radius 1 is 1.30 bits per heavy atom. The summed E-state index contributed by atoms with van der Waals surface area (Å²) in [6, 6.07) is 3.83. The van der Waals surface area contributed by atoms with Gasteiger partial charge in [0, 0.05) is 18.7 Å². The topological polar surface area (TPSA) is 68.4 Å². The largest absolute Gasteiger partial charge is 0.352 e. The van der Waals surface area contributed by atoms with Gasteiger partial charge < -0.3 is 5.32 Å². The Balaban J connectivity index is 1.76. The van der Waals surface area contributed by atoms with E-state index in [0.717, 1.165) is 18.7 Å². The van der Waals surface area contributed by atoms with E-state index in [4.69, 9.17) is 0 Å². The molecule has 0 aliphatic heterocycles. The summed E-state index contributed by atoms with van der Waals surface area (Å²) in [7, 11) is 0. The summed E-state index contributed by atoms with van der Waals surface area (Å²) < 4.78 is 3.09. The highest BCUT2D eigenvalue weighted by Gasteiger charge is 2.16. The summed E-state index contributed by atoms with van der Waals surface area (Å²) >= 11 is 0. The van der Waals surface area contributed by atoms with Crippen LogP contribution in [0.2, 0.25) is 0 Å². The molecule has 2 aromatic heterocycles. The van der Waals surface area contributed by atoms with E-state index < -0.39 is 0 Å². The Morgan fingerprint density at radius 2 is 2.04 bits per heavy atom. The maximum absolute atomic E-state index is 12.4. The van der Waals surface area contributed by atoms with Crippen LogP contribution in [-0.2, 0) is 17.8 Å². The third-order valence-electron chi connectivity index (χ3n) is 4.55. The quantitative estimate of drug-likeness (QED) is 0.876. The molecule has 0 saturated heterocycles. The molecular weight excluding hydrogens is 292 g/mol. The van der Waals surface area contributed by atoms with E-state index in [2.05, 4.69) is 10.4 Å². The maximum Gasteiger partial charge on any atom is 0.291 e. The molecular formula is C17H24N4O2. The fourth-order valence-electron chi connectivity index (χ4n) is 3.33. The van der Waals surface area contributed by atoms with Crippen molar-refractivity contribution in [1.29, 1.82) is 0 Å². The SMILES string of the molecule is CCc1nn(CC(=O)NC2CCCCCC2)c(=O)c2cccn12. The van der Waals surface area contributed by atoms with Crippen molar-refractivity contribution < 1.29 is 4.79 Å². The average Bonchev–Trinajstić information content (AvgIpc) is 2.90. The van der Waals surface area contributed by atoms with Crippen LogP contribution in [0.15, 0.2) is 23.1 Å². The van der Waals surface area contributed by atoms with Gasteiger partial charge in [-0.05, 0) is 25.0 Å². The van der Waals surface area contributed by atoms with E-state index in [1.165, 1.54) is 30.4 Å². The van der Waals surface area contributed by atoms with Gasteiger partial charge in [0.2, 0.25) is 5.91 Å². The molecule has 6 heteroatoms. The van der Waals surface area contributed by atoms with Crippen molar-refractivity contribution >= 4 is 11.4 Å². The number of aryl methyl sites for hydroxylation is 1. The third-order valence-corrected chi connectivity index (χ3v) is 4.55. The summed E-state index contributed by atoms with van der Waals surface area (Å²) in [6.07, 6.45) is 9.43. The number of rotatable bonds is 4. The van der Waals surface area contributed by atoms with Crippen molar-refractivity contribution in [3.8, 4) is 0 Å². The van der Waals surface area contributed by atoms with Crippen LogP contribution in [0.3, 0.4) is 0 Å². The number of carbonyl (C=O) groups excluding carboxylic acids is 1. The molecule has 0 aromatic carbocycles. The van der Waals surface area contributed by atoms with Crippen LogP contribution in [0.4, 0.5) is 0 Å². The highest BCUT2D eigenvalue weighted by atomic mass is 16.2. The Kier molecular flexibility index (Phi) is 4.79. The predicted molar refractivity (Wildman–Crippen MR) is 88.5 cm³/mol. The van der Waals surface area contributed by atoms with E-state index in [1.54, 1.807) is 10.5 Å². The second kappa shape index (κ2) is 6.98. The molecule has 3 rings (SSSR count). The lowest BCUT2D eigenvalue weighted by Gasteiger charge is -2.16. The number of hydrogen-bond acceptors (Lipinski definition) is 3. The van der Waals surface area contributed by atoms with Crippen LogP contribution in [-0.4, -0.2) is 26.1 Å². The van der Waals surface area contributed by atoms with Crippen molar-refractivity contribution in [2.45, 2.75) is 64.5 Å². The van der Waals surface area contributed by atoms with Gasteiger partial charge in [0.05, 0.1) is 0 Å². The minimum absolute atomic E-state index is 0.00991. The highest BCUT2D eigenvalue weighted by molar-refractivity contribution is 5.76. The molecule has 1 amide bonds. The summed E-state index contributed by atoms with van der Waals surface area (Å²) in [5.41, 5.74) is 0.349. The van der Waals surface area contributed by atoms with E-state index >= 15 is 0 Å². The lowest BCUT2D eigenvalue weighted by molar-refractivity contribution is -0.122. The third kappa shape index (κ3) is 3.46. The number of hydrogen-bond donors (Lipinski definition) is 1. The normalized spacial score (nSPS) is 16.4. The minimum Gasteiger partial charge on any atom is -0.352 e. The van der Waals surface area contributed by atoms with E-state index in [9.17, 15) is 9.59 Å². The average molecular weight is 316 g/mol. The molecule has 0 atom stereocenters. The molecule has 0 spiro atoms. The number of fused-ring (bicyclic) bond motifs is 1. The van der Waals surface area contributed by atoms with Crippen LogP contribution in [0.1, 0.15) is 51.3 Å². The van der Waals surface area contributed by atoms with E-state index in [-0.39, 0.29) is 24.1 Å². The first-order valence-corrected chi connectivity index (χ1v) is 8.55. The lowest BCUT2D eigenvalue weighted by Crippen LogP contribution is -2.40. The van der Waals surface area contributed by atoms with E-state index in [0.29, 0.717) is 11.9 Å². The maximum atomic E-state index is 12.4. The number of carbonyl (C=O) groups is 1. The number of aromatic nitrogens is 3. The van der Waals surface area contributed by atoms with E-state index in [1.807, 2.05) is 19.2 Å². The first kappa shape index (κ1) is 15.8. The van der Waals surface area contributed by atoms with Crippen LogP contribution in [0.5, 0.6) is 0 Å². The molecule has 2 heterocycles. The molecule has 124 valence electrons. The first-order chi connectivity index (χ1) is 11.2. The van der Waals surface area contributed by atoms with Crippen molar-refractivity contribution in [3.63, 3.8) is 0 Å². The molecule has 1 fully saturated rings. The molecule has 1 aliphatic rings. The summed E-state index contributed by atoms with van der Waals surface area (Å²) in [6.45, 7) is 1.98. The molecule has 6 nitrogen and oxygen atoms in total. The first-order valence-electron chi connectivity index (χ1n) is 8.55. The van der Waals surface area contributed by atoms with Crippen LogP contribution >= 0.6 is 0 Å². The number of nitrogens with one attached hydrogen (secondary N) is 1. The van der Waals surface area contributed by atoms with Crippen molar-refractivity contribution in [2.75, 3.05) is 0 Å². The predicted octanol–water partition coefficient (Wildman–Crippen LogP) is 1.90. The molecule has 1 N–H and O–H groups in total. The molecule has 1 aliphatic carbocycles. The second-order valence-electron chi connectivity index (χ2n) is 6.25.